The van der Waals surface area contributed by atoms with E-state index in [0.29, 0.717) is 18.0 Å². The average molecular weight is 387 g/mol. The molecule has 0 aliphatic rings. The third-order valence-corrected chi connectivity index (χ3v) is 5.67. The third kappa shape index (κ3) is 3.70. The number of benzene rings is 1. The highest BCUT2D eigenvalue weighted by Gasteiger charge is 2.23. The van der Waals surface area contributed by atoms with Gasteiger partial charge in [-0.05, 0) is 18.9 Å². The number of hydrogen-bond acceptors (Lipinski definition) is 5. The summed E-state index contributed by atoms with van der Waals surface area (Å²) in [6.45, 7) is 5.37. The first kappa shape index (κ1) is 19.4. The van der Waals surface area contributed by atoms with Gasteiger partial charge in [-0.1, -0.05) is 42.5 Å². The highest BCUT2D eigenvalue weighted by molar-refractivity contribution is 7.19. The van der Waals surface area contributed by atoms with Crippen molar-refractivity contribution < 1.29 is 9.53 Å². The summed E-state index contributed by atoms with van der Waals surface area (Å²) in [6, 6.07) is 8.48. The van der Waals surface area contributed by atoms with Gasteiger partial charge in [0.2, 0.25) is 0 Å². The summed E-state index contributed by atoms with van der Waals surface area (Å²) in [5, 5.41) is 3.44. The fourth-order valence-corrected chi connectivity index (χ4v) is 4.13. The lowest BCUT2D eigenvalue weighted by atomic mass is 10.1. The summed E-state index contributed by atoms with van der Waals surface area (Å²) in [5.74, 6) is 0.901. The lowest BCUT2D eigenvalue weighted by Crippen LogP contribution is -2.21. The van der Waals surface area contributed by atoms with Crippen LogP contribution in [0.5, 0.6) is 0 Å². The molecule has 1 amide bonds. The molecular formula is C20H26N4O2S. The maximum absolute atomic E-state index is 12.5. The predicted octanol–water partition coefficient (Wildman–Crippen LogP) is 3.69. The van der Waals surface area contributed by atoms with Gasteiger partial charge in [-0.25, -0.2) is 4.98 Å². The van der Waals surface area contributed by atoms with E-state index in [0.717, 1.165) is 34.2 Å². The van der Waals surface area contributed by atoms with Crippen molar-refractivity contribution in [1.29, 1.82) is 0 Å². The minimum Gasteiger partial charge on any atom is -0.383 e. The van der Waals surface area contributed by atoms with Crippen LogP contribution in [0.2, 0.25) is 0 Å². The number of fused-ring (bicyclic) bond motifs is 1. The molecule has 0 atom stereocenters. The van der Waals surface area contributed by atoms with Gasteiger partial charge in [0.15, 0.2) is 4.96 Å². The SMILES string of the molecule is CCc1ccc(-c2nc3sc(C(=O)N(C)C)c(C)n3c2NCCOC)cc1. The first-order valence-electron chi connectivity index (χ1n) is 9.03. The van der Waals surface area contributed by atoms with Crippen molar-refractivity contribution in [1.82, 2.24) is 14.3 Å². The van der Waals surface area contributed by atoms with Crippen LogP contribution in [-0.4, -0.2) is 54.5 Å². The molecule has 3 rings (SSSR count). The topological polar surface area (TPSA) is 58.9 Å². The molecule has 0 unspecified atom stereocenters. The molecule has 144 valence electrons. The van der Waals surface area contributed by atoms with E-state index in [4.69, 9.17) is 9.72 Å². The normalized spacial score (nSPS) is 11.1. The number of rotatable bonds is 7. The Balaban J connectivity index is 2.12. The molecule has 0 saturated heterocycles. The molecule has 0 aliphatic carbocycles. The number of aromatic nitrogens is 2. The molecule has 27 heavy (non-hydrogen) atoms. The van der Waals surface area contributed by atoms with Crippen LogP contribution in [0.4, 0.5) is 5.82 Å². The van der Waals surface area contributed by atoms with Gasteiger partial charge in [-0.2, -0.15) is 0 Å². The Bertz CT molecular complexity index is 941. The fourth-order valence-electron chi connectivity index (χ4n) is 2.98. The summed E-state index contributed by atoms with van der Waals surface area (Å²) in [6.07, 6.45) is 1.01. The van der Waals surface area contributed by atoms with Gasteiger partial charge in [0, 0.05) is 39.0 Å². The second-order valence-electron chi connectivity index (χ2n) is 6.61. The number of ether oxygens (including phenoxy) is 1. The van der Waals surface area contributed by atoms with E-state index in [1.54, 1.807) is 26.1 Å². The lowest BCUT2D eigenvalue weighted by Gasteiger charge is -2.11. The molecule has 6 nitrogen and oxygen atoms in total. The number of carbonyl (C=O) groups excluding carboxylic acids is 1. The van der Waals surface area contributed by atoms with E-state index < -0.39 is 0 Å². The molecule has 0 spiro atoms. The highest BCUT2D eigenvalue weighted by atomic mass is 32.1. The number of methoxy groups -OCH3 is 1. The Morgan fingerprint density at radius 1 is 1.30 bits per heavy atom. The smallest absolute Gasteiger partial charge is 0.265 e. The van der Waals surface area contributed by atoms with Gasteiger partial charge in [0.05, 0.1) is 6.61 Å². The van der Waals surface area contributed by atoms with Crippen LogP contribution < -0.4 is 5.32 Å². The number of thiazole rings is 1. The van der Waals surface area contributed by atoms with Crippen LogP contribution >= 0.6 is 11.3 Å². The Kier molecular flexibility index (Phi) is 5.82. The second-order valence-corrected chi connectivity index (χ2v) is 7.59. The van der Waals surface area contributed by atoms with Crippen LogP contribution in [-0.2, 0) is 11.2 Å². The molecular weight excluding hydrogens is 360 g/mol. The number of nitrogens with zero attached hydrogens (tertiary/aromatic N) is 3. The van der Waals surface area contributed by atoms with E-state index in [2.05, 4.69) is 36.5 Å². The molecule has 0 saturated carbocycles. The summed E-state index contributed by atoms with van der Waals surface area (Å²) in [4.78, 5) is 20.5. The largest absolute Gasteiger partial charge is 0.383 e. The van der Waals surface area contributed by atoms with Crippen LogP contribution in [0, 0.1) is 6.92 Å². The molecule has 7 heteroatoms. The van der Waals surface area contributed by atoms with Crippen LogP contribution in [0.1, 0.15) is 27.9 Å². The fraction of sp³-hybridized carbons (Fsp3) is 0.400. The lowest BCUT2D eigenvalue weighted by molar-refractivity contribution is 0.0831. The summed E-state index contributed by atoms with van der Waals surface area (Å²) in [7, 11) is 5.22. The zero-order valence-electron chi connectivity index (χ0n) is 16.5. The minimum absolute atomic E-state index is 0.000287. The van der Waals surface area contributed by atoms with E-state index >= 15 is 0 Å². The van der Waals surface area contributed by atoms with Crippen LogP contribution in [0.3, 0.4) is 0 Å². The number of imidazole rings is 1. The van der Waals surface area contributed by atoms with Crippen LogP contribution in [0.15, 0.2) is 24.3 Å². The molecule has 1 aromatic carbocycles. The van der Waals surface area contributed by atoms with Crippen molar-refractivity contribution in [3.8, 4) is 11.3 Å². The zero-order chi connectivity index (χ0) is 19.6. The van der Waals surface area contributed by atoms with E-state index in [1.807, 2.05) is 11.3 Å². The Morgan fingerprint density at radius 2 is 2.00 bits per heavy atom. The molecule has 0 aliphatic heterocycles. The van der Waals surface area contributed by atoms with Crippen molar-refractivity contribution in [3.05, 3.63) is 40.4 Å². The highest BCUT2D eigenvalue weighted by Crippen LogP contribution is 2.35. The number of amides is 1. The van der Waals surface area contributed by atoms with Crippen molar-refractivity contribution in [2.24, 2.45) is 0 Å². The van der Waals surface area contributed by atoms with Gasteiger partial charge in [-0.3, -0.25) is 9.20 Å². The number of nitrogens with one attached hydrogen (secondary N) is 1. The van der Waals surface area contributed by atoms with Gasteiger partial charge in [-0.15, -0.1) is 0 Å². The number of carbonyl (C=O) groups is 1. The Hall–Kier alpha value is -2.38. The molecule has 0 bridgehead atoms. The number of anilines is 1. The molecule has 1 N–H and O–H groups in total. The summed E-state index contributed by atoms with van der Waals surface area (Å²) in [5.41, 5.74) is 4.15. The second kappa shape index (κ2) is 8.10. The van der Waals surface area contributed by atoms with Crippen molar-refractivity contribution >= 4 is 28.0 Å². The minimum atomic E-state index is -0.000287. The first-order chi connectivity index (χ1) is 13.0. The number of aryl methyl sites for hydroxylation is 2. The molecule has 0 fully saturated rings. The Labute approximate surface area is 163 Å². The van der Waals surface area contributed by atoms with Gasteiger partial charge < -0.3 is 15.0 Å². The molecule has 0 radical (unpaired) electrons. The van der Waals surface area contributed by atoms with Crippen molar-refractivity contribution in [2.75, 3.05) is 39.7 Å². The molecule has 2 aromatic heterocycles. The maximum atomic E-state index is 12.5. The molecule has 3 aromatic rings. The summed E-state index contributed by atoms with van der Waals surface area (Å²) < 4.78 is 7.22. The summed E-state index contributed by atoms with van der Waals surface area (Å²) >= 11 is 1.43. The van der Waals surface area contributed by atoms with E-state index in [9.17, 15) is 4.79 Å². The molecule has 2 heterocycles. The first-order valence-corrected chi connectivity index (χ1v) is 9.85. The van der Waals surface area contributed by atoms with Gasteiger partial charge in [0.1, 0.15) is 16.4 Å². The van der Waals surface area contributed by atoms with Crippen molar-refractivity contribution in [3.63, 3.8) is 0 Å². The van der Waals surface area contributed by atoms with E-state index in [1.165, 1.54) is 16.9 Å². The standard InChI is InChI=1S/C20H26N4O2S/c1-6-14-7-9-15(10-8-14)16-18(21-11-12-26-5)24-13(2)17(19(25)23(3)4)27-20(24)22-16/h7-10,21H,6,11-12H2,1-5H3. The third-order valence-electron chi connectivity index (χ3n) is 4.54. The van der Waals surface area contributed by atoms with Gasteiger partial charge in [0.25, 0.3) is 5.91 Å². The van der Waals surface area contributed by atoms with Gasteiger partial charge >= 0.3 is 0 Å². The van der Waals surface area contributed by atoms with E-state index in [-0.39, 0.29) is 5.91 Å². The van der Waals surface area contributed by atoms with Crippen molar-refractivity contribution in [2.45, 2.75) is 20.3 Å². The predicted molar refractivity (Wildman–Crippen MR) is 111 cm³/mol. The Morgan fingerprint density at radius 3 is 2.59 bits per heavy atom. The zero-order valence-corrected chi connectivity index (χ0v) is 17.3. The monoisotopic (exact) mass is 386 g/mol. The average Bonchev–Trinajstić information content (AvgIpc) is 3.18. The number of hydrogen-bond donors (Lipinski definition) is 1. The quantitative estimate of drug-likeness (QED) is 0.629. The van der Waals surface area contributed by atoms with Crippen LogP contribution in [0.25, 0.3) is 16.2 Å². The maximum Gasteiger partial charge on any atom is 0.265 e.